The lowest BCUT2D eigenvalue weighted by atomic mass is 9.85. The minimum Gasteiger partial charge on any atom is -0.478 e. The van der Waals surface area contributed by atoms with Crippen LogP contribution in [0.4, 0.5) is 0 Å². The molecule has 1 aromatic carbocycles. The maximum Gasteiger partial charge on any atom is 0.340 e. The SMILES string of the molecule is C=CCCCC=CCOCC(C)OC(=O)c1c(C(=O)O)c(C(=O)O)c(C(=O)O)c(C(=O)OC(C)COCC=CCCCC=C)c1C(=O)OC(C)COCC=CCCCC=C. The Labute approximate surface area is 352 Å². The van der Waals surface area contributed by atoms with Crippen LogP contribution < -0.4 is 0 Å². The Morgan fingerprint density at radius 2 is 0.683 bits per heavy atom. The normalized spacial score (nSPS) is 12.8. The second-order valence-corrected chi connectivity index (χ2v) is 13.5. The molecule has 1 rings (SSSR count). The number of aromatic carboxylic acids is 3. The van der Waals surface area contributed by atoms with E-state index in [2.05, 4.69) is 19.7 Å². The molecule has 15 nitrogen and oxygen atoms in total. The molecule has 60 heavy (non-hydrogen) atoms. The van der Waals surface area contributed by atoms with E-state index in [4.69, 9.17) is 28.4 Å². The van der Waals surface area contributed by atoms with Crippen molar-refractivity contribution < 1.29 is 72.5 Å². The van der Waals surface area contributed by atoms with Gasteiger partial charge in [-0.3, -0.25) is 0 Å². The zero-order valence-corrected chi connectivity index (χ0v) is 34.9. The highest BCUT2D eigenvalue weighted by molar-refractivity contribution is 6.23. The highest BCUT2D eigenvalue weighted by Crippen LogP contribution is 2.32. The first kappa shape index (κ1) is 52.4. The fourth-order valence-electron chi connectivity index (χ4n) is 5.43. The minimum absolute atomic E-state index is 0.124. The molecule has 0 spiro atoms. The van der Waals surface area contributed by atoms with Crippen molar-refractivity contribution in [2.75, 3.05) is 39.6 Å². The number of ether oxygens (including phenoxy) is 6. The Morgan fingerprint density at radius 1 is 0.433 bits per heavy atom. The number of carboxylic acids is 3. The number of carbonyl (C=O) groups excluding carboxylic acids is 3. The fourth-order valence-corrected chi connectivity index (χ4v) is 5.43. The van der Waals surface area contributed by atoms with E-state index in [1.807, 2.05) is 18.2 Å². The van der Waals surface area contributed by atoms with Crippen LogP contribution in [0.5, 0.6) is 0 Å². The van der Waals surface area contributed by atoms with E-state index in [1.165, 1.54) is 20.8 Å². The largest absolute Gasteiger partial charge is 0.478 e. The summed E-state index contributed by atoms with van der Waals surface area (Å²) in [5.74, 6) is -11.1. The molecule has 15 heteroatoms. The van der Waals surface area contributed by atoms with Gasteiger partial charge in [-0.1, -0.05) is 54.7 Å². The minimum atomic E-state index is -2.14. The van der Waals surface area contributed by atoms with Crippen molar-refractivity contribution in [1.82, 2.24) is 0 Å². The van der Waals surface area contributed by atoms with Crippen LogP contribution in [-0.4, -0.2) is 109 Å². The van der Waals surface area contributed by atoms with Gasteiger partial charge in [-0.25, -0.2) is 28.8 Å². The molecule has 0 aliphatic carbocycles. The summed E-state index contributed by atoms with van der Waals surface area (Å²) < 4.78 is 33.0. The third-order valence-electron chi connectivity index (χ3n) is 8.22. The van der Waals surface area contributed by atoms with Crippen molar-refractivity contribution in [2.45, 2.75) is 96.9 Å². The first-order valence-corrected chi connectivity index (χ1v) is 19.8. The number of hydrogen-bond donors (Lipinski definition) is 3. The molecule has 0 saturated carbocycles. The number of hydrogen-bond acceptors (Lipinski definition) is 12. The van der Waals surface area contributed by atoms with Gasteiger partial charge < -0.3 is 43.7 Å². The Hall–Kier alpha value is -5.64. The van der Waals surface area contributed by atoms with Gasteiger partial charge in [-0.05, 0) is 78.6 Å². The Bertz CT molecular complexity index is 1610. The summed E-state index contributed by atoms with van der Waals surface area (Å²) in [5, 5.41) is 30.9. The molecule has 3 atom stereocenters. The van der Waals surface area contributed by atoms with Crippen LogP contribution in [0.25, 0.3) is 0 Å². The number of carbonyl (C=O) groups is 6. The summed E-state index contributed by atoms with van der Waals surface area (Å²) in [4.78, 5) is 80.3. The van der Waals surface area contributed by atoms with Gasteiger partial charge in [0.1, 0.15) is 18.3 Å². The molecule has 0 heterocycles. The molecular formula is C45H60O15. The summed E-state index contributed by atoms with van der Waals surface area (Å²) in [6.07, 6.45) is 20.5. The highest BCUT2D eigenvalue weighted by Gasteiger charge is 2.43. The molecule has 0 aliphatic heterocycles. The first-order valence-electron chi connectivity index (χ1n) is 19.8. The zero-order valence-electron chi connectivity index (χ0n) is 34.9. The van der Waals surface area contributed by atoms with Crippen molar-refractivity contribution >= 4 is 35.8 Å². The molecule has 0 amide bonds. The smallest absolute Gasteiger partial charge is 0.340 e. The molecule has 3 unspecified atom stereocenters. The van der Waals surface area contributed by atoms with Crippen molar-refractivity contribution in [2.24, 2.45) is 0 Å². The molecular weight excluding hydrogens is 780 g/mol. The molecule has 1 aromatic rings. The van der Waals surface area contributed by atoms with Gasteiger partial charge in [-0.15, -0.1) is 19.7 Å². The van der Waals surface area contributed by atoms with E-state index in [0.29, 0.717) is 0 Å². The lowest BCUT2D eigenvalue weighted by molar-refractivity contribution is 0.00114. The lowest BCUT2D eigenvalue weighted by Crippen LogP contribution is -2.33. The van der Waals surface area contributed by atoms with E-state index in [9.17, 15) is 44.1 Å². The Balaban J connectivity index is 3.72. The first-order chi connectivity index (χ1) is 28.7. The van der Waals surface area contributed by atoms with Gasteiger partial charge in [-0.2, -0.15) is 0 Å². The van der Waals surface area contributed by atoms with Crippen LogP contribution in [0.3, 0.4) is 0 Å². The zero-order chi connectivity index (χ0) is 44.9. The topological polar surface area (TPSA) is 218 Å². The number of unbranched alkanes of at least 4 members (excludes halogenated alkanes) is 6. The second-order valence-electron chi connectivity index (χ2n) is 13.5. The summed E-state index contributed by atoms with van der Waals surface area (Å²) in [5.41, 5.74) is -7.99. The fraction of sp³-hybridized carbons (Fsp3) is 0.467. The number of esters is 3. The van der Waals surface area contributed by atoms with E-state index in [0.717, 1.165) is 57.8 Å². The van der Waals surface area contributed by atoms with Crippen LogP contribution >= 0.6 is 0 Å². The highest BCUT2D eigenvalue weighted by atomic mass is 16.6. The number of rotatable bonds is 33. The monoisotopic (exact) mass is 840 g/mol. The van der Waals surface area contributed by atoms with Gasteiger partial charge >= 0.3 is 35.8 Å². The van der Waals surface area contributed by atoms with E-state index >= 15 is 0 Å². The van der Waals surface area contributed by atoms with Gasteiger partial charge in [0.2, 0.25) is 0 Å². The van der Waals surface area contributed by atoms with E-state index in [-0.39, 0.29) is 39.6 Å². The molecule has 0 bridgehead atoms. The number of benzene rings is 1. The maximum atomic E-state index is 14.1. The molecule has 0 radical (unpaired) electrons. The van der Waals surface area contributed by atoms with Crippen LogP contribution in [0.1, 0.15) is 141 Å². The Morgan fingerprint density at radius 3 is 0.933 bits per heavy atom. The quantitative estimate of drug-likeness (QED) is 0.0263. The summed E-state index contributed by atoms with van der Waals surface area (Å²) >= 11 is 0. The summed E-state index contributed by atoms with van der Waals surface area (Å²) in [7, 11) is 0. The molecule has 3 N–H and O–H groups in total. The van der Waals surface area contributed by atoms with Gasteiger partial charge in [0.25, 0.3) is 0 Å². The summed E-state index contributed by atoms with van der Waals surface area (Å²) in [6, 6.07) is 0. The van der Waals surface area contributed by atoms with Crippen molar-refractivity contribution in [3.05, 3.63) is 108 Å². The number of allylic oxidation sites excluding steroid dienone is 6. The lowest BCUT2D eigenvalue weighted by Gasteiger charge is -2.23. The molecule has 330 valence electrons. The molecule has 0 aromatic heterocycles. The van der Waals surface area contributed by atoms with Crippen molar-refractivity contribution in [1.29, 1.82) is 0 Å². The van der Waals surface area contributed by atoms with Gasteiger partial charge in [0.15, 0.2) is 0 Å². The second kappa shape index (κ2) is 30.4. The average molecular weight is 841 g/mol. The predicted molar refractivity (Wildman–Crippen MR) is 224 cm³/mol. The predicted octanol–water partition coefficient (Wildman–Crippen LogP) is 8.20. The average Bonchev–Trinajstić information content (AvgIpc) is 3.19. The molecule has 0 saturated heterocycles. The van der Waals surface area contributed by atoms with Crippen LogP contribution in [0.2, 0.25) is 0 Å². The Kier molecular flexibility index (Phi) is 26.5. The molecule has 0 aliphatic rings. The van der Waals surface area contributed by atoms with Gasteiger partial charge in [0, 0.05) is 0 Å². The van der Waals surface area contributed by atoms with Gasteiger partial charge in [0.05, 0.1) is 73.0 Å². The summed E-state index contributed by atoms with van der Waals surface area (Å²) in [6.45, 7) is 14.9. The van der Waals surface area contributed by atoms with Crippen molar-refractivity contribution in [3.8, 4) is 0 Å². The third kappa shape index (κ3) is 19.4. The van der Waals surface area contributed by atoms with Crippen LogP contribution in [-0.2, 0) is 28.4 Å². The number of carboxylic acid groups (broad SMARTS) is 3. The van der Waals surface area contributed by atoms with Crippen LogP contribution in [0, 0.1) is 0 Å². The maximum absolute atomic E-state index is 14.1. The molecule has 0 fully saturated rings. The van der Waals surface area contributed by atoms with E-state index < -0.39 is 87.5 Å². The van der Waals surface area contributed by atoms with E-state index in [1.54, 1.807) is 36.5 Å². The third-order valence-corrected chi connectivity index (χ3v) is 8.22. The standard InChI is InChI=1S/C45H60O15/c1-7-10-13-16-19-22-25-55-28-31(4)58-43(52)37-35(41(48)49)34(40(46)47)36(42(50)51)38(44(53)59-32(5)29-56-26-23-20-17-14-11-8-2)39(37)45(54)60-33(6)30-57-27-24-21-18-15-12-9-3/h7-9,19-24,31-33H,1-3,10-18,25-30H2,4-6H3,(H,46,47)(H,48,49)(H,50,51). The van der Waals surface area contributed by atoms with Crippen LogP contribution in [0.15, 0.2) is 74.4 Å². The van der Waals surface area contributed by atoms with Crippen molar-refractivity contribution in [3.63, 3.8) is 0 Å².